The molecule has 0 aromatic carbocycles. The third kappa shape index (κ3) is 3.38. The van der Waals surface area contributed by atoms with E-state index in [2.05, 4.69) is 35.4 Å². The Balaban J connectivity index is 1.98. The predicted octanol–water partition coefficient (Wildman–Crippen LogP) is 2.20. The van der Waals surface area contributed by atoms with E-state index in [4.69, 9.17) is 0 Å². The standard InChI is InChI=1S/C12H18N4S/c1-3-4-13-5-11-7-16(15-10(11)2)8-12-6-14-9-17-12/h6-7,9,13H,3-5,8H2,1-2H3. The number of nitrogens with zero attached hydrogens (tertiary/aromatic N) is 3. The molecular weight excluding hydrogens is 232 g/mol. The number of aryl methyl sites for hydroxylation is 1. The minimum Gasteiger partial charge on any atom is -0.313 e. The second-order valence-electron chi connectivity index (χ2n) is 4.08. The largest absolute Gasteiger partial charge is 0.313 e. The first kappa shape index (κ1) is 12.3. The van der Waals surface area contributed by atoms with Crippen LogP contribution in [0.4, 0.5) is 0 Å². The summed E-state index contributed by atoms with van der Waals surface area (Å²) < 4.78 is 1.99. The summed E-state index contributed by atoms with van der Waals surface area (Å²) in [7, 11) is 0. The van der Waals surface area contributed by atoms with E-state index >= 15 is 0 Å². The predicted molar refractivity (Wildman–Crippen MR) is 70.2 cm³/mol. The molecular formula is C12H18N4S. The van der Waals surface area contributed by atoms with Gasteiger partial charge in [0.2, 0.25) is 0 Å². The van der Waals surface area contributed by atoms with Crippen LogP contribution in [0.1, 0.15) is 29.5 Å². The minimum atomic E-state index is 0.819. The smallest absolute Gasteiger partial charge is 0.0794 e. The Bertz CT molecular complexity index is 447. The minimum absolute atomic E-state index is 0.819. The number of thiazole rings is 1. The topological polar surface area (TPSA) is 42.7 Å². The lowest BCUT2D eigenvalue weighted by atomic mass is 10.2. The van der Waals surface area contributed by atoms with E-state index in [1.165, 1.54) is 10.4 Å². The van der Waals surface area contributed by atoms with Gasteiger partial charge in [-0.2, -0.15) is 5.10 Å². The fourth-order valence-electron chi connectivity index (χ4n) is 1.69. The van der Waals surface area contributed by atoms with Gasteiger partial charge >= 0.3 is 0 Å². The zero-order chi connectivity index (χ0) is 12.1. The van der Waals surface area contributed by atoms with Crippen LogP contribution in [-0.4, -0.2) is 21.3 Å². The Hall–Kier alpha value is -1.20. The first-order valence-electron chi connectivity index (χ1n) is 5.90. The molecule has 0 unspecified atom stereocenters. The van der Waals surface area contributed by atoms with Gasteiger partial charge in [0, 0.05) is 29.4 Å². The molecule has 2 heterocycles. The van der Waals surface area contributed by atoms with E-state index in [9.17, 15) is 0 Å². The van der Waals surface area contributed by atoms with Crippen molar-refractivity contribution >= 4 is 11.3 Å². The molecule has 5 heteroatoms. The van der Waals surface area contributed by atoms with Gasteiger partial charge in [-0.1, -0.05) is 6.92 Å². The van der Waals surface area contributed by atoms with Crippen LogP contribution in [0.15, 0.2) is 17.9 Å². The van der Waals surface area contributed by atoms with Crippen molar-refractivity contribution in [3.8, 4) is 0 Å². The van der Waals surface area contributed by atoms with Crippen molar-refractivity contribution in [2.45, 2.75) is 33.4 Å². The van der Waals surface area contributed by atoms with E-state index in [1.807, 2.05) is 16.4 Å². The molecule has 2 aromatic heterocycles. The van der Waals surface area contributed by atoms with E-state index in [1.54, 1.807) is 11.3 Å². The third-order valence-corrected chi connectivity index (χ3v) is 3.36. The van der Waals surface area contributed by atoms with E-state index in [0.717, 1.165) is 31.7 Å². The summed E-state index contributed by atoms with van der Waals surface area (Å²) in [6.45, 7) is 7.01. The lowest BCUT2D eigenvalue weighted by Crippen LogP contribution is -2.13. The summed E-state index contributed by atoms with van der Waals surface area (Å²) in [6.07, 6.45) is 5.18. The average Bonchev–Trinajstić information content (AvgIpc) is 2.91. The summed E-state index contributed by atoms with van der Waals surface area (Å²) in [5, 5.41) is 7.92. The van der Waals surface area contributed by atoms with E-state index < -0.39 is 0 Å². The highest BCUT2D eigenvalue weighted by molar-refractivity contribution is 7.09. The molecule has 92 valence electrons. The molecule has 0 saturated carbocycles. The van der Waals surface area contributed by atoms with Gasteiger partial charge in [-0.05, 0) is 19.9 Å². The molecule has 0 aliphatic carbocycles. The normalized spacial score (nSPS) is 10.9. The van der Waals surface area contributed by atoms with Crippen molar-refractivity contribution in [3.63, 3.8) is 0 Å². The molecule has 17 heavy (non-hydrogen) atoms. The second kappa shape index (κ2) is 5.93. The average molecular weight is 250 g/mol. The molecule has 0 fully saturated rings. The molecule has 0 aliphatic rings. The van der Waals surface area contributed by atoms with Gasteiger partial charge in [0.15, 0.2) is 0 Å². The molecule has 0 radical (unpaired) electrons. The monoisotopic (exact) mass is 250 g/mol. The lowest BCUT2D eigenvalue weighted by molar-refractivity contribution is 0.670. The number of aromatic nitrogens is 3. The van der Waals surface area contributed by atoms with Crippen molar-refractivity contribution < 1.29 is 0 Å². The Morgan fingerprint density at radius 2 is 2.35 bits per heavy atom. The summed E-state index contributed by atoms with van der Waals surface area (Å²) in [5.41, 5.74) is 4.25. The second-order valence-corrected chi connectivity index (χ2v) is 5.05. The van der Waals surface area contributed by atoms with Crippen LogP contribution in [0, 0.1) is 6.92 Å². The molecule has 2 rings (SSSR count). The van der Waals surface area contributed by atoms with Crippen LogP contribution in [0.25, 0.3) is 0 Å². The molecule has 1 N–H and O–H groups in total. The molecule has 4 nitrogen and oxygen atoms in total. The van der Waals surface area contributed by atoms with Crippen molar-refractivity contribution in [2.75, 3.05) is 6.54 Å². The number of rotatable bonds is 6. The first-order chi connectivity index (χ1) is 8.29. The third-order valence-electron chi connectivity index (χ3n) is 2.59. The van der Waals surface area contributed by atoms with Gasteiger partial charge in [-0.25, -0.2) is 0 Å². The maximum Gasteiger partial charge on any atom is 0.0794 e. The zero-order valence-electron chi connectivity index (χ0n) is 10.3. The molecule has 0 aliphatic heterocycles. The molecule has 2 aromatic rings. The molecule has 0 saturated heterocycles. The lowest BCUT2D eigenvalue weighted by Gasteiger charge is -2.00. The maximum atomic E-state index is 4.52. The van der Waals surface area contributed by atoms with Crippen LogP contribution >= 0.6 is 11.3 Å². The van der Waals surface area contributed by atoms with E-state index in [0.29, 0.717) is 0 Å². The Morgan fingerprint density at radius 1 is 1.47 bits per heavy atom. The van der Waals surface area contributed by atoms with Crippen LogP contribution < -0.4 is 5.32 Å². The van der Waals surface area contributed by atoms with E-state index in [-0.39, 0.29) is 0 Å². The summed E-state index contributed by atoms with van der Waals surface area (Å²) in [5.74, 6) is 0. The highest BCUT2D eigenvalue weighted by Crippen LogP contribution is 2.10. The van der Waals surface area contributed by atoms with Crippen LogP contribution in [0.5, 0.6) is 0 Å². The van der Waals surface area contributed by atoms with Crippen LogP contribution in [0.3, 0.4) is 0 Å². The summed E-state index contributed by atoms with van der Waals surface area (Å²) >= 11 is 1.67. The number of hydrogen-bond acceptors (Lipinski definition) is 4. The SMILES string of the molecule is CCCNCc1cn(Cc2cncs2)nc1C. The van der Waals surface area contributed by atoms with Crippen molar-refractivity contribution in [1.29, 1.82) is 0 Å². The molecule has 0 atom stereocenters. The highest BCUT2D eigenvalue weighted by atomic mass is 32.1. The number of nitrogens with one attached hydrogen (secondary N) is 1. The van der Waals surface area contributed by atoms with Crippen molar-refractivity contribution in [2.24, 2.45) is 0 Å². The Kier molecular flexibility index (Phi) is 4.28. The highest BCUT2D eigenvalue weighted by Gasteiger charge is 2.05. The van der Waals surface area contributed by atoms with Crippen molar-refractivity contribution in [1.82, 2.24) is 20.1 Å². The Labute approximate surface area is 106 Å². The molecule has 0 bridgehead atoms. The zero-order valence-corrected chi connectivity index (χ0v) is 11.1. The Morgan fingerprint density at radius 3 is 3.06 bits per heavy atom. The van der Waals surface area contributed by atoms with Crippen molar-refractivity contribution in [3.05, 3.63) is 34.0 Å². The fraction of sp³-hybridized carbons (Fsp3) is 0.500. The molecule has 0 amide bonds. The van der Waals surface area contributed by atoms with Gasteiger partial charge in [0.1, 0.15) is 0 Å². The van der Waals surface area contributed by atoms with Crippen LogP contribution in [-0.2, 0) is 13.1 Å². The quantitative estimate of drug-likeness (QED) is 0.799. The van der Waals surface area contributed by atoms with Gasteiger partial charge in [-0.3, -0.25) is 9.67 Å². The van der Waals surface area contributed by atoms with Gasteiger partial charge < -0.3 is 5.32 Å². The maximum absolute atomic E-state index is 4.52. The summed E-state index contributed by atoms with van der Waals surface area (Å²) in [4.78, 5) is 5.31. The van der Waals surface area contributed by atoms with Gasteiger partial charge in [-0.15, -0.1) is 11.3 Å². The van der Waals surface area contributed by atoms with Crippen LogP contribution in [0.2, 0.25) is 0 Å². The first-order valence-corrected chi connectivity index (χ1v) is 6.78. The fourth-order valence-corrected chi connectivity index (χ4v) is 2.28. The van der Waals surface area contributed by atoms with Gasteiger partial charge in [0.05, 0.1) is 17.7 Å². The summed E-state index contributed by atoms with van der Waals surface area (Å²) in [6, 6.07) is 0. The van der Waals surface area contributed by atoms with Gasteiger partial charge in [0.25, 0.3) is 0 Å². The number of hydrogen-bond donors (Lipinski definition) is 1. The molecule has 0 spiro atoms.